The Hall–Kier alpha value is -0.114. The van der Waals surface area contributed by atoms with Crippen LogP contribution in [0.1, 0.15) is 18.4 Å². The van der Waals surface area contributed by atoms with Gasteiger partial charge in [0.25, 0.3) is 0 Å². The number of esters is 1. The van der Waals surface area contributed by atoms with Crippen LogP contribution in [0.5, 0.6) is 0 Å². The van der Waals surface area contributed by atoms with Gasteiger partial charge in [0, 0.05) is 6.42 Å². The fourth-order valence-electron chi connectivity index (χ4n) is 1.19. The second kappa shape index (κ2) is 12.9. The van der Waals surface area contributed by atoms with Gasteiger partial charge in [0.2, 0.25) is 6.09 Å². The van der Waals surface area contributed by atoms with Crippen molar-refractivity contribution in [3.8, 4) is 0 Å². The van der Waals surface area contributed by atoms with Crippen LogP contribution in [0.15, 0.2) is 30.3 Å². The average Bonchev–Trinajstić information content (AvgIpc) is 2.33. The van der Waals surface area contributed by atoms with E-state index in [2.05, 4.69) is 4.74 Å². The Bertz CT molecular complexity index is 375. The van der Waals surface area contributed by atoms with E-state index in [9.17, 15) is 9.59 Å². The Kier molecular flexibility index (Phi) is 14.4. The molecule has 0 aliphatic heterocycles. The smallest absolute Gasteiger partial charge is 1.00 e. The van der Waals surface area contributed by atoms with Crippen LogP contribution in [-0.2, 0) is 20.9 Å². The fraction of sp³-hybridized carbons (Fsp3) is 0.333. The molecule has 1 aromatic rings. The number of rotatable bonds is 6. The molecule has 0 spiro atoms. The first-order valence-electron chi connectivity index (χ1n) is 5.26. The Labute approximate surface area is 161 Å². The maximum absolute atomic E-state index is 11.3. The molecule has 0 aliphatic rings. The molecule has 0 aromatic heterocycles. The minimum Gasteiger partial charge on any atom is -1.00 e. The normalized spacial score (nSPS) is 8.63. The largest absolute Gasteiger partial charge is 1.00 e. The summed E-state index contributed by atoms with van der Waals surface area (Å²) < 4.78 is 9.38. The van der Waals surface area contributed by atoms with Crippen LogP contribution < -0.4 is 63.8 Å². The number of amides is 1. The Morgan fingerprint density at radius 1 is 1.11 bits per heavy atom. The van der Waals surface area contributed by atoms with Gasteiger partial charge < -0.3 is 27.6 Å². The number of nitrogens with one attached hydrogen (secondary N) is 1. The molecule has 1 aromatic carbocycles. The Balaban J connectivity index is 0. The van der Waals surface area contributed by atoms with Crippen LogP contribution in [0.3, 0.4) is 0 Å². The van der Waals surface area contributed by atoms with Crippen molar-refractivity contribution in [2.24, 2.45) is 0 Å². The van der Waals surface area contributed by atoms with Crippen LogP contribution in [0, 0.1) is 0 Å². The van der Waals surface area contributed by atoms with Crippen LogP contribution >= 0.6 is 0 Å². The summed E-state index contributed by atoms with van der Waals surface area (Å²) in [6.45, 7) is 0.320. The summed E-state index contributed by atoms with van der Waals surface area (Å²) in [5.41, 5.74) is 7.41. The molecule has 1 N–H and O–H groups in total. The molecule has 19 heavy (non-hydrogen) atoms. The third-order valence-corrected chi connectivity index (χ3v) is 2.00. The van der Waals surface area contributed by atoms with E-state index in [1.54, 1.807) is 0 Å². The summed E-state index contributed by atoms with van der Waals surface area (Å²) >= 11 is 0. The van der Waals surface area contributed by atoms with Crippen LogP contribution in [0.4, 0.5) is 4.79 Å². The molecule has 0 unspecified atom stereocenters. The first-order valence-corrected chi connectivity index (χ1v) is 5.26. The van der Waals surface area contributed by atoms with E-state index in [4.69, 9.17) is 10.5 Å². The van der Waals surface area contributed by atoms with E-state index in [1.807, 2.05) is 30.3 Å². The summed E-state index contributed by atoms with van der Waals surface area (Å²) in [7, 11) is 0. The van der Waals surface area contributed by atoms with Crippen molar-refractivity contribution in [2.45, 2.75) is 19.4 Å². The first-order chi connectivity index (χ1) is 8.18. The molecule has 0 saturated carbocycles. The van der Waals surface area contributed by atoms with Crippen molar-refractivity contribution >= 4 is 12.1 Å². The summed E-state index contributed by atoms with van der Waals surface area (Å²) in [6, 6.07) is 9.37. The van der Waals surface area contributed by atoms with E-state index in [0.717, 1.165) is 5.56 Å². The Morgan fingerprint density at radius 2 is 1.74 bits per heavy atom. The summed E-state index contributed by atoms with van der Waals surface area (Å²) in [5, 5.41) is 0. The first kappa shape index (κ1) is 21.2. The van der Waals surface area contributed by atoms with E-state index in [0.29, 0.717) is 6.42 Å². The third-order valence-electron chi connectivity index (χ3n) is 2.00. The van der Waals surface area contributed by atoms with Gasteiger partial charge >= 0.3 is 57.4 Å². The molecule has 0 fully saturated rings. The summed E-state index contributed by atoms with van der Waals surface area (Å²) in [5.74, 6) is -0.338. The van der Waals surface area contributed by atoms with Crippen molar-refractivity contribution < 1.29 is 82.9 Å². The topological polar surface area (TPSA) is 76.4 Å². The zero-order chi connectivity index (χ0) is 12.5. The number of hydrogen-bond donors (Lipinski definition) is 0. The number of halogens is 1. The minimum atomic E-state index is -1.08. The fourth-order valence-corrected chi connectivity index (χ4v) is 1.19. The SMILES string of the molecule is [Cl-].[K+].[NH-]C(=O)OCCCC(=O)OCc1ccccc1. The monoisotopic (exact) mass is 310 g/mol. The van der Waals surface area contributed by atoms with E-state index < -0.39 is 6.09 Å². The number of ether oxygens (including phenoxy) is 2. The van der Waals surface area contributed by atoms with Crippen LogP contribution in [0.25, 0.3) is 5.73 Å². The average molecular weight is 311 g/mol. The third kappa shape index (κ3) is 11.4. The standard InChI is InChI=1S/C12H15NO4.ClH.K/c13-12(15)16-8-4-7-11(14)17-9-10-5-2-1-3-6-10;;/h1-3,5-6H,4,7-9H2,(H2,13,15);1H;/q;;+1/p-2. The molecule has 1 rings (SSSR count). The second-order valence-corrected chi connectivity index (χ2v) is 3.39. The van der Waals surface area contributed by atoms with Gasteiger partial charge in [-0.2, -0.15) is 0 Å². The molecule has 0 heterocycles. The molecule has 5 nitrogen and oxygen atoms in total. The van der Waals surface area contributed by atoms with Gasteiger partial charge in [-0.15, -0.1) is 0 Å². The van der Waals surface area contributed by atoms with Crippen molar-refractivity contribution in [1.29, 1.82) is 0 Å². The van der Waals surface area contributed by atoms with Crippen LogP contribution in [0.2, 0.25) is 0 Å². The molecular weight excluding hydrogens is 297 g/mol. The van der Waals surface area contributed by atoms with Crippen molar-refractivity contribution in [2.75, 3.05) is 6.61 Å². The van der Waals surface area contributed by atoms with Gasteiger partial charge in [0.05, 0.1) is 6.61 Å². The van der Waals surface area contributed by atoms with Gasteiger partial charge in [-0.25, -0.2) is 0 Å². The van der Waals surface area contributed by atoms with Gasteiger partial charge in [0.1, 0.15) is 6.61 Å². The zero-order valence-corrected chi connectivity index (χ0v) is 14.6. The van der Waals surface area contributed by atoms with Crippen LogP contribution in [-0.4, -0.2) is 18.7 Å². The quantitative estimate of drug-likeness (QED) is 0.313. The maximum atomic E-state index is 11.3. The molecule has 0 atom stereocenters. The van der Waals surface area contributed by atoms with E-state index in [1.165, 1.54) is 0 Å². The minimum absolute atomic E-state index is 0. The Morgan fingerprint density at radius 3 is 2.32 bits per heavy atom. The van der Waals surface area contributed by atoms with Gasteiger partial charge in [-0.05, 0) is 12.0 Å². The number of benzene rings is 1. The van der Waals surface area contributed by atoms with Gasteiger partial charge in [-0.1, -0.05) is 30.3 Å². The molecule has 0 aliphatic carbocycles. The van der Waals surface area contributed by atoms with E-state index >= 15 is 0 Å². The zero-order valence-electron chi connectivity index (χ0n) is 10.7. The van der Waals surface area contributed by atoms with Gasteiger partial charge in [0.15, 0.2) is 0 Å². The molecule has 1 amide bonds. The summed E-state index contributed by atoms with van der Waals surface area (Å²) in [6.07, 6.45) is -0.527. The van der Waals surface area contributed by atoms with Gasteiger partial charge in [-0.3, -0.25) is 9.59 Å². The number of carbonyl (C=O) groups is 2. The number of carbonyl (C=O) groups excluding carboxylic acids is 2. The summed E-state index contributed by atoms with van der Waals surface area (Å²) in [4.78, 5) is 21.4. The van der Waals surface area contributed by atoms with Crippen molar-refractivity contribution in [1.82, 2.24) is 0 Å². The molecule has 0 saturated heterocycles. The van der Waals surface area contributed by atoms with Crippen molar-refractivity contribution in [3.05, 3.63) is 41.6 Å². The predicted molar refractivity (Wildman–Crippen MR) is 61.1 cm³/mol. The molecule has 100 valence electrons. The maximum Gasteiger partial charge on any atom is 1.00 e. The molecule has 0 radical (unpaired) electrons. The second-order valence-electron chi connectivity index (χ2n) is 3.39. The molecule has 0 bridgehead atoms. The number of hydrogen-bond acceptors (Lipinski definition) is 4. The predicted octanol–water partition coefficient (Wildman–Crippen LogP) is -3.29. The van der Waals surface area contributed by atoms with E-state index in [-0.39, 0.29) is 89.4 Å². The molecular formula is C12H14ClKNO4-. The molecule has 7 heteroatoms. The van der Waals surface area contributed by atoms with Crippen molar-refractivity contribution in [3.63, 3.8) is 0 Å².